The number of hydrogen-bond acceptors (Lipinski definition) is 5. The van der Waals surface area contributed by atoms with E-state index < -0.39 is 0 Å². The van der Waals surface area contributed by atoms with Crippen LogP contribution in [0.1, 0.15) is 5.69 Å². The van der Waals surface area contributed by atoms with Crippen LogP contribution in [0.5, 0.6) is 0 Å². The Morgan fingerprint density at radius 2 is 1.90 bits per heavy atom. The van der Waals surface area contributed by atoms with Gasteiger partial charge in [-0.25, -0.2) is 19.8 Å². The summed E-state index contributed by atoms with van der Waals surface area (Å²) in [6.07, 6.45) is 0. The lowest BCUT2D eigenvalue weighted by Gasteiger charge is -2.09. The first kappa shape index (κ1) is 18.4. The summed E-state index contributed by atoms with van der Waals surface area (Å²) >= 11 is 7.76. The van der Waals surface area contributed by atoms with E-state index in [2.05, 4.69) is 14.8 Å². The van der Waals surface area contributed by atoms with Gasteiger partial charge in [-0.3, -0.25) is 4.79 Å². The van der Waals surface area contributed by atoms with Crippen LogP contribution in [0.3, 0.4) is 0 Å². The molecule has 1 aromatic carbocycles. The zero-order chi connectivity index (χ0) is 20.8. The molecule has 144 valence electrons. The Labute approximate surface area is 179 Å². The van der Waals surface area contributed by atoms with Crippen molar-refractivity contribution in [3.05, 3.63) is 81.1 Å². The highest BCUT2D eigenvalue weighted by Gasteiger charge is 2.17. The van der Waals surface area contributed by atoms with E-state index in [9.17, 15) is 4.79 Å². The lowest BCUT2D eigenvalue weighted by molar-refractivity contribution is 1.18. The molecule has 0 radical (unpaired) electrons. The predicted molar refractivity (Wildman–Crippen MR) is 120 cm³/mol. The largest absolute Gasteiger partial charge is 0.305 e. The van der Waals surface area contributed by atoms with Crippen molar-refractivity contribution < 1.29 is 0 Å². The molecule has 0 unspecified atom stereocenters. The molecule has 0 aliphatic heterocycles. The zero-order valence-electron chi connectivity index (χ0n) is 15.6. The Hall–Kier alpha value is -3.60. The third-order valence-corrected chi connectivity index (χ3v) is 5.93. The molecule has 5 rings (SSSR count). The Balaban J connectivity index is 1.83. The van der Waals surface area contributed by atoms with Gasteiger partial charge in [0.25, 0.3) is 0 Å². The lowest BCUT2D eigenvalue weighted by atomic mass is 10.1. The van der Waals surface area contributed by atoms with Crippen LogP contribution in [0.4, 0.5) is 5.69 Å². The number of fused-ring (bicyclic) bond motifs is 2. The molecule has 0 spiro atoms. The molecule has 0 aliphatic rings. The first-order valence-electron chi connectivity index (χ1n) is 8.97. The molecule has 0 aliphatic carbocycles. The number of aromatic nitrogens is 4. The fourth-order valence-corrected chi connectivity index (χ4v) is 4.61. The Morgan fingerprint density at radius 3 is 2.70 bits per heavy atom. The van der Waals surface area contributed by atoms with E-state index >= 15 is 0 Å². The summed E-state index contributed by atoms with van der Waals surface area (Å²) in [5.74, 6) is 0. The van der Waals surface area contributed by atoms with Crippen LogP contribution in [0.15, 0.2) is 53.3 Å². The summed E-state index contributed by atoms with van der Waals surface area (Å²) in [6.45, 7) is 9.11. The molecule has 0 saturated heterocycles. The monoisotopic (exact) mass is 429 g/mol. The van der Waals surface area contributed by atoms with Crippen LogP contribution in [0, 0.1) is 13.5 Å². The molecule has 0 fully saturated rings. The SMILES string of the molecule is [C-]#[N+]c1ccc2sc(-c3nc4[nH]c(=O)ccc4nc3-c3cc(C)nc(Cl)c3)cc2c1. The minimum atomic E-state index is -0.240. The van der Waals surface area contributed by atoms with E-state index in [1.54, 1.807) is 29.5 Å². The molecule has 1 N–H and O–H groups in total. The Morgan fingerprint density at radius 1 is 1.03 bits per heavy atom. The topological polar surface area (TPSA) is 75.9 Å². The van der Waals surface area contributed by atoms with E-state index in [1.165, 1.54) is 6.07 Å². The second-order valence-corrected chi connectivity index (χ2v) is 8.21. The van der Waals surface area contributed by atoms with Crippen LogP contribution >= 0.6 is 22.9 Å². The summed E-state index contributed by atoms with van der Waals surface area (Å²) in [5, 5.41) is 1.33. The fraction of sp³-hybridized carbons (Fsp3) is 0.0455. The third kappa shape index (κ3) is 3.22. The molecule has 4 aromatic heterocycles. The molecule has 8 heteroatoms. The number of H-pyrrole nitrogens is 1. The van der Waals surface area contributed by atoms with Crippen LogP contribution in [-0.4, -0.2) is 19.9 Å². The van der Waals surface area contributed by atoms with Crippen LogP contribution in [0.25, 0.3) is 47.9 Å². The number of benzene rings is 1. The minimum absolute atomic E-state index is 0.240. The molecule has 30 heavy (non-hydrogen) atoms. The van der Waals surface area contributed by atoms with Crippen molar-refractivity contribution in [2.45, 2.75) is 6.92 Å². The Bertz CT molecular complexity index is 1540. The molecule has 0 atom stereocenters. The van der Waals surface area contributed by atoms with Crippen molar-refractivity contribution in [2.24, 2.45) is 0 Å². The first-order valence-corrected chi connectivity index (χ1v) is 10.2. The fourth-order valence-electron chi connectivity index (χ4n) is 3.32. The van der Waals surface area contributed by atoms with Gasteiger partial charge in [-0.2, -0.15) is 0 Å². The maximum Gasteiger partial charge on any atom is 0.249 e. The van der Waals surface area contributed by atoms with Crippen molar-refractivity contribution in [3.8, 4) is 21.8 Å². The van der Waals surface area contributed by atoms with Gasteiger partial charge in [0, 0.05) is 22.0 Å². The average molecular weight is 430 g/mol. The van der Waals surface area contributed by atoms with Gasteiger partial charge in [0.05, 0.1) is 17.1 Å². The van der Waals surface area contributed by atoms with Gasteiger partial charge in [-0.1, -0.05) is 23.7 Å². The summed E-state index contributed by atoms with van der Waals surface area (Å²) < 4.78 is 1.04. The van der Waals surface area contributed by atoms with Crippen LogP contribution < -0.4 is 5.56 Å². The summed E-state index contributed by atoms with van der Waals surface area (Å²) in [4.78, 5) is 32.7. The van der Waals surface area contributed by atoms with E-state index in [4.69, 9.17) is 28.1 Å². The van der Waals surface area contributed by atoms with Gasteiger partial charge < -0.3 is 4.98 Å². The van der Waals surface area contributed by atoms with E-state index in [-0.39, 0.29) is 5.56 Å². The highest BCUT2D eigenvalue weighted by molar-refractivity contribution is 7.22. The lowest BCUT2D eigenvalue weighted by Crippen LogP contribution is -2.06. The molecular formula is C22H12ClN5OS. The van der Waals surface area contributed by atoms with Crippen molar-refractivity contribution in [2.75, 3.05) is 0 Å². The zero-order valence-corrected chi connectivity index (χ0v) is 17.2. The summed E-state index contributed by atoms with van der Waals surface area (Å²) in [5.41, 5.74) is 4.18. The number of rotatable bonds is 2. The molecule has 5 aromatic rings. The van der Waals surface area contributed by atoms with E-state index in [0.29, 0.717) is 33.4 Å². The summed E-state index contributed by atoms with van der Waals surface area (Å²) in [7, 11) is 0. The highest BCUT2D eigenvalue weighted by Crippen LogP contribution is 2.39. The van der Waals surface area contributed by atoms with Crippen molar-refractivity contribution in [1.29, 1.82) is 0 Å². The number of hydrogen-bond donors (Lipinski definition) is 1. The number of aryl methyl sites for hydroxylation is 1. The Kier molecular flexibility index (Phi) is 4.31. The molecule has 0 amide bonds. The predicted octanol–water partition coefficient (Wildman–Crippen LogP) is 5.77. The average Bonchev–Trinajstić information content (AvgIpc) is 3.15. The van der Waals surface area contributed by atoms with E-state index in [0.717, 1.165) is 26.2 Å². The van der Waals surface area contributed by atoms with Gasteiger partial charge in [0.1, 0.15) is 16.4 Å². The van der Waals surface area contributed by atoms with Gasteiger partial charge in [0.15, 0.2) is 11.3 Å². The van der Waals surface area contributed by atoms with Crippen LogP contribution in [-0.2, 0) is 0 Å². The maximum atomic E-state index is 11.8. The van der Waals surface area contributed by atoms with Gasteiger partial charge in [0.2, 0.25) is 5.56 Å². The van der Waals surface area contributed by atoms with Crippen molar-refractivity contribution in [3.63, 3.8) is 0 Å². The normalized spacial score (nSPS) is 11.1. The minimum Gasteiger partial charge on any atom is -0.305 e. The number of pyridine rings is 2. The molecule has 0 saturated carbocycles. The third-order valence-electron chi connectivity index (χ3n) is 4.61. The maximum absolute atomic E-state index is 11.8. The van der Waals surface area contributed by atoms with Crippen LogP contribution in [0.2, 0.25) is 5.15 Å². The van der Waals surface area contributed by atoms with Gasteiger partial charge in [-0.15, -0.1) is 11.3 Å². The molecule has 4 heterocycles. The smallest absolute Gasteiger partial charge is 0.249 e. The van der Waals surface area contributed by atoms with Gasteiger partial charge in [-0.05, 0) is 42.6 Å². The van der Waals surface area contributed by atoms with Gasteiger partial charge >= 0.3 is 0 Å². The number of thiophene rings is 1. The second kappa shape index (κ2) is 7.02. The number of halogens is 1. The molecular weight excluding hydrogens is 418 g/mol. The highest BCUT2D eigenvalue weighted by atomic mass is 35.5. The van der Waals surface area contributed by atoms with Crippen molar-refractivity contribution >= 4 is 49.9 Å². The standard InChI is InChI=1S/C22H12ClN5OS/c1-11-7-13(10-18(23)25-11)20-21(28-22-15(26-20)4-6-19(29)27-22)17-9-12-8-14(24-2)3-5-16(12)30-17/h3-10H,1H3,(H,27,28,29). The quantitative estimate of drug-likeness (QED) is 0.285. The van der Waals surface area contributed by atoms with E-state index in [1.807, 2.05) is 31.2 Å². The number of nitrogens with one attached hydrogen (secondary N) is 1. The van der Waals surface area contributed by atoms with Crippen molar-refractivity contribution in [1.82, 2.24) is 19.9 Å². The second-order valence-electron chi connectivity index (χ2n) is 6.74. The molecule has 0 bridgehead atoms. The number of nitrogens with zero attached hydrogens (tertiary/aromatic N) is 4. The number of aromatic amines is 1. The molecule has 6 nitrogen and oxygen atoms in total. The first-order chi connectivity index (χ1) is 14.5. The summed E-state index contributed by atoms with van der Waals surface area (Å²) in [6, 6.07) is 14.3.